The Morgan fingerprint density at radius 1 is 0.516 bits per heavy atom. The topological polar surface area (TPSA) is 27.5 Å². The van der Waals surface area contributed by atoms with Crippen LogP contribution in [-0.2, 0) is 42.7 Å². The van der Waals surface area contributed by atoms with Gasteiger partial charge in [-0.05, 0) is 91.9 Å². The maximum atomic E-state index is 5.01. The van der Waals surface area contributed by atoms with Crippen LogP contribution in [0, 0.1) is 18.8 Å². The minimum absolute atomic E-state index is 0. The molecule has 3 heterocycles. The van der Waals surface area contributed by atoms with E-state index in [0.717, 1.165) is 56.4 Å². The summed E-state index contributed by atoms with van der Waals surface area (Å²) < 4.78 is 2.27. The molecule has 6 heteroatoms. The van der Waals surface area contributed by atoms with Gasteiger partial charge in [0.1, 0.15) is 5.82 Å². The van der Waals surface area contributed by atoms with E-state index >= 15 is 0 Å². The normalized spacial score (nSPS) is 13.4. The average molecular weight is 1020 g/mol. The molecule has 0 saturated carbocycles. The van der Waals surface area contributed by atoms with Crippen LogP contribution in [0.25, 0.3) is 27.6 Å². The predicted molar refractivity (Wildman–Crippen MR) is 267 cm³/mol. The Morgan fingerprint density at radius 2 is 1.11 bits per heavy atom. The molecular weight excluding hydrogens is 962 g/mol. The summed E-state index contributed by atoms with van der Waals surface area (Å²) in [5.41, 5.74) is 14.7. The molecule has 9 rings (SSSR count). The quantitative estimate of drug-likeness (QED) is 0.149. The number of pyridine rings is 1. The number of rotatable bonds is 7. The zero-order valence-corrected chi connectivity index (χ0v) is 41.7. The van der Waals surface area contributed by atoms with Crippen molar-refractivity contribution < 1.29 is 21.1 Å². The molecule has 8 aromatic rings. The van der Waals surface area contributed by atoms with Gasteiger partial charge < -0.3 is 19.3 Å². The van der Waals surface area contributed by atoms with E-state index < -0.39 is 0 Å². The van der Waals surface area contributed by atoms with Crippen LogP contribution < -0.4 is 14.7 Å². The Kier molecular flexibility index (Phi) is 11.5. The number of para-hydroxylation sites is 3. The van der Waals surface area contributed by atoms with Crippen molar-refractivity contribution >= 4 is 55.9 Å². The minimum Gasteiger partial charge on any atom is -0.493 e. The molecule has 1 aliphatic rings. The van der Waals surface area contributed by atoms with E-state index in [1.54, 1.807) is 0 Å². The molecule has 64 heavy (non-hydrogen) atoms. The van der Waals surface area contributed by atoms with E-state index in [9.17, 15) is 0 Å². The van der Waals surface area contributed by atoms with E-state index in [-0.39, 0.29) is 42.7 Å². The van der Waals surface area contributed by atoms with Gasteiger partial charge in [0.25, 0.3) is 0 Å². The first-order valence-electron chi connectivity index (χ1n) is 22.3. The van der Waals surface area contributed by atoms with E-state index in [4.69, 9.17) is 4.98 Å². The van der Waals surface area contributed by atoms with Gasteiger partial charge in [-0.3, -0.25) is 0 Å². The van der Waals surface area contributed by atoms with Crippen molar-refractivity contribution in [2.75, 3.05) is 21.7 Å². The summed E-state index contributed by atoms with van der Waals surface area (Å²) in [6.45, 7) is 27.4. The summed E-state index contributed by atoms with van der Waals surface area (Å²) in [4.78, 5) is 11.8. The van der Waals surface area contributed by atoms with Crippen LogP contribution in [0.2, 0.25) is 0 Å². The Labute approximate surface area is 396 Å². The number of hydrogen-bond acceptors (Lipinski definition) is 4. The summed E-state index contributed by atoms with van der Waals surface area (Å²) in [5.74, 6) is 0.873. The maximum absolute atomic E-state index is 5.01. The van der Waals surface area contributed by atoms with Gasteiger partial charge in [0.05, 0.1) is 0 Å². The van der Waals surface area contributed by atoms with Crippen molar-refractivity contribution in [2.45, 2.75) is 97.8 Å². The minimum atomic E-state index is -0.237. The first-order valence-corrected chi connectivity index (χ1v) is 22.3. The fourth-order valence-corrected chi connectivity index (χ4v) is 8.84. The molecule has 0 spiro atoms. The van der Waals surface area contributed by atoms with Gasteiger partial charge in [0, 0.05) is 62.3 Å². The molecule has 0 N–H and O–H groups in total. The molecule has 2 aromatic heterocycles. The first-order chi connectivity index (χ1) is 29.8. The maximum Gasteiger partial charge on any atom is 0.135 e. The van der Waals surface area contributed by atoms with Gasteiger partial charge in [-0.1, -0.05) is 154 Å². The van der Waals surface area contributed by atoms with Gasteiger partial charge in [-0.2, -0.15) is 12.1 Å². The Bertz CT molecular complexity index is 2960. The van der Waals surface area contributed by atoms with Crippen molar-refractivity contribution in [3.05, 3.63) is 186 Å². The fraction of sp³-hybridized carbons (Fsp3) is 0.276. The molecule has 0 amide bonds. The van der Waals surface area contributed by atoms with Gasteiger partial charge in [0.2, 0.25) is 0 Å². The fourth-order valence-electron chi connectivity index (χ4n) is 8.84. The van der Waals surface area contributed by atoms with E-state index in [2.05, 4.69) is 255 Å². The molecule has 0 fully saturated rings. The third-order valence-electron chi connectivity index (χ3n) is 13.0. The summed E-state index contributed by atoms with van der Waals surface area (Å²) in [6, 6.07) is 56.3. The van der Waals surface area contributed by atoms with E-state index in [0.29, 0.717) is 0 Å². The molecule has 0 aliphatic carbocycles. The van der Waals surface area contributed by atoms with Crippen molar-refractivity contribution in [1.82, 2.24) is 9.55 Å². The predicted octanol–water partition coefficient (Wildman–Crippen LogP) is 15.2. The molecule has 0 unspecified atom stereocenters. The number of fused-ring (bicyclic) bond motifs is 4. The molecule has 0 radical (unpaired) electrons. The van der Waals surface area contributed by atoms with Crippen molar-refractivity contribution in [3.63, 3.8) is 0 Å². The summed E-state index contributed by atoms with van der Waals surface area (Å²) in [5, 5.41) is 2.31. The van der Waals surface area contributed by atoms with Crippen molar-refractivity contribution in [2.24, 2.45) is 0 Å². The van der Waals surface area contributed by atoms with Crippen LogP contribution in [0.3, 0.4) is 0 Å². The largest absolute Gasteiger partial charge is 0.493 e. The smallest absolute Gasteiger partial charge is 0.135 e. The van der Waals surface area contributed by atoms with Gasteiger partial charge >= 0.3 is 0 Å². The Hall–Kier alpha value is -5.64. The SMILES string of the molecule is CN(c1[c-]c(N2[CH-]N(c3cc(C(C)(C)C)cc(C(C)(C)C)c3)c3ccccc32)ccc1)c1[c-]c2c(cc1)c1ccccc1n2-c1cc(C(C)(C)c2ccc(C(C)(C)C)cc2)ccn1.[Pt]. The second-order valence-electron chi connectivity index (χ2n) is 20.9. The molecule has 330 valence electrons. The van der Waals surface area contributed by atoms with Crippen molar-refractivity contribution in [1.29, 1.82) is 0 Å². The number of nitrogens with zero attached hydrogens (tertiary/aromatic N) is 5. The molecule has 0 atom stereocenters. The van der Waals surface area contributed by atoms with Crippen LogP contribution in [0.4, 0.5) is 34.1 Å². The second kappa shape index (κ2) is 16.4. The first kappa shape index (κ1) is 44.9. The molecule has 0 saturated heterocycles. The molecular formula is C58H60N5Pt-3. The summed E-state index contributed by atoms with van der Waals surface area (Å²) >= 11 is 0. The third kappa shape index (κ3) is 8.17. The third-order valence-corrected chi connectivity index (χ3v) is 13.0. The Balaban J connectivity index is 0.00000560. The van der Waals surface area contributed by atoms with E-state index in [1.165, 1.54) is 33.2 Å². The van der Waals surface area contributed by atoms with E-state index in [1.807, 2.05) is 6.20 Å². The number of anilines is 6. The second-order valence-corrected chi connectivity index (χ2v) is 20.9. The van der Waals surface area contributed by atoms with Crippen molar-refractivity contribution in [3.8, 4) is 5.82 Å². The molecule has 1 aliphatic heterocycles. The van der Waals surface area contributed by atoms with Gasteiger partial charge in [-0.15, -0.1) is 48.1 Å². The summed E-state index contributed by atoms with van der Waals surface area (Å²) in [7, 11) is 2.10. The monoisotopic (exact) mass is 1020 g/mol. The zero-order chi connectivity index (χ0) is 44.6. The van der Waals surface area contributed by atoms with Crippen LogP contribution in [0.15, 0.2) is 140 Å². The zero-order valence-electron chi connectivity index (χ0n) is 39.4. The summed E-state index contributed by atoms with van der Waals surface area (Å²) in [6.07, 6.45) is 1.95. The average Bonchev–Trinajstić information content (AvgIpc) is 3.81. The standard InChI is InChI=1S/C58H60N5.Pt/c1-55(2,3)39-24-26-40(27-25-39)58(10,11)41-30-31-59-54(35-41)63-50-21-14-13-20-48(50)49-29-28-45(37-53(49)63)60(12)44-18-17-19-46(36-44)61-38-62(52-23-16-15-22-51(52)61)47-33-42(56(4,5)6)32-43(34-47)57(7,8)9;/h13-35,38H,1-12H3;/q-3;. The van der Waals surface area contributed by atoms with Crippen LogP contribution >= 0.6 is 0 Å². The van der Waals surface area contributed by atoms with Gasteiger partial charge in [0.15, 0.2) is 0 Å². The van der Waals surface area contributed by atoms with Crippen LogP contribution in [0.1, 0.15) is 104 Å². The molecule has 5 nitrogen and oxygen atoms in total. The van der Waals surface area contributed by atoms with Crippen LogP contribution in [0.5, 0.6) is 0 Å². The number of benzene rings is 6. The Morgan fingerprint density at radius 3 is 1.77 bits per heavy atom. The molecule has 0 bridgehead atoms. The van der Waals surface area contributed by atoms with Crippen LogP contribution in [-0.4, -0.2) is 16.6 Å². The number of aromatic nitrogens is 2. The van der Waals surface area contributed by atoms with Gasteiger partial charge in [-0.25, -0.2) is 4.98 Å². The number of hydrogen-bond donors (Lipinski definition) is 0. The molecule has 6 aromatic carbocycles.